The van der Waals surface area contributed by atoms with Crippen LogP contribution in [0.5, 0.6) is 5.75 Å². The molecule has 5 nitrogen and oxygen atoms in total. The van der Waals surface area contributed by atoms with Crippen molar-refractivity contribution in [2.45, 2.75) is 30.7 Å². The quantitative estimate of drug-likeness (QED) is 0.325. The molecule has 38 heavy (non-hydrogen) atoms. The van der Waals surface area contributed by atoms with Crippen molar-refractivity contribution in [1.29, 1.82) is 0 Å². The standard InChI is InChI=1S/C30H31F3NO4/c31-30(32,33)25-12-7-13-26(20-25)37-19-18-34-16-14-22(15-17-34)27(21-34)38-28(35)29(36,23-8-3-1-4-9-23)24-10-5-2-6-11-24/h1-13,20,22,27,36H,14-19,21H2/q+1. The molecule has 0 amide bonds. The van der Waals surface area contributed by atoms with Crippen LogP contribution in [0.3, 0.4) is 0 Å². The van der Waals surface area contributed by atoms with Crippen molar-refractivity contribution in [2.24, 2.45) is 5.92 Å². The fourth-order valence-corrected chi connectivity index (χ4v) is 5.77. The fourth-order valence-electron chi connectivity index (χ4n) is 5.77. The summed E-state index contributed by atoms with van der Waals surface area (Å²) in [6.07, 6.45) is -3.04. The summed E-state index contributed by atoms with van der Waals surface area (Å²) in [5.41, 5.74) is -1.80. The van der Waals surface area contributed by atoms with Gasteiger partial charge >= 0.3 is 12.1 Å². The van der Waals surface area contributed by atoms with Crippen LogP contribution in [-0.2, 0) is 21.3 Å². The van der Waals surface area contributed by atoms with Crippen molar-refractivity contribution in [3.05, 3.63) is 102 Å². The highest BCUT2D eigenvalue weighted by Gasteiger charge is 2.50. The molecule has 0 spiro atoms. The second-order valence-corrected chi connectivity index (χ2v) is 10.3. The Kier molecular flexibility index (Phi) is 7.20. The normalized spacial score (nSPS) is 23.2. The second-order valence-electron chi connectivity index (χ2n) is 10.3. The van der Waals surface area contributed by atoms with E-state index in [0.717, 1.165) is 38.1 Å². The van der Waals surface area contributed by atoms with Crippen LogP contribution in [-0.4, -0.2) is 54.4 Å². The van der Waals surface area contributed by atoms with Gasteiger partial charge in [-0.05, 0) is 29.3 Å². The van der Waals surface area contributed by atoms with E-state index in [-0.39, 0.29) is 24.4 Å². The molecule has 3 saturated heterocycles. The van der Waals surface area contributed by atoms with Crippen LogP contribution >= 0.6 is 0 Å². The Bertz CT molecular complexity index is 1200. The number of benzene rings is 3. The molecule has 0 radical (unpaired) electrons. The molecule has 1 unspecified atom stereocenters. The topological polar surface area (TPSA) is 55.8 Å². The van der Waals surface area contributed by atoms with Crippen LogP contribution in [0.2, 0.25) is 0 Å². The number of fused-ring (bicyclic) bond motifs is 3. The van der Waals surface area contributed by atoms with E-state index < -0.39 is 23.3 Å². The van der Waals surface area contributed by atoms with Gasteiger partial charge in [0.15, 0.2) is 6.10 Å². The summed E-state index contributed by atoms with van der Waals surface area (Å²) < 4.78 is 51.5. The van der Waals surface area contributed by atoms with Crippen molar-refractivity contribution < 1.29 is 37.0 Å². The molecule has 200 valence electrons. The molecule has 0 saturated carbocycles. The Morgan fingerprint density at radius 2 is 1.45 bits per heavy atom. The summed E-state index contributed by atoms with van der Waals surface area (Å²) >= 11 is 0. The number of aliphatic hydroxyl groups is 1. The van der Waals surface area contributed by atoms with E-state index in [1.807, 2.05) is 12.1 Å². The van der Waals surface area contributed by atoms with Gasteiger partial charge in [-0.25, -0.2) is 4.79 Å². The average Bonchev–Trinajstić information content (AvgIpc) is 2.94. The van der Waals surface area contributed by atoms with Gasteiger partial charge in [0.1, 0.15) is 25.4 Å². The number of halogens is 3. The average molecular weight is 527 g/mol. The highest BCUT2D eigenvalue weighted by molar-refractivity contribution is 5.85. The smallest absolute Gasteiger partial charge is 0.416 e. The van der Waals surface area contributed by atoms with Crippen LogP contribution in [0.4, 0.5) is 13.2 Å². The number of hydrogen-bond donors (Lipinski definition) is 1. The Morgan fingerprint density at radius 3 is 2.03 bits per heavy atom. The molecular formula is C30H31F3NO4+. The minimum atomic E-state index is -4.42. The number of nitrogens with zero attached hydrogens (tertiary/aromatic N) is 1. The maximum atomic E-state index is 13.6. The van der Waals surface area contributed by atoms with Crippen LogP contribution in [0.25, 0.3) is 0 Å². The highest BCUT2D eigenvalue weighted by Crippen LogP contribution is 2.38. The Balaban J connectivity index is 1.28. The van der Waals surface area contributed by atoms with Crippen LogP contribution in [0.1, 0.15) is 29.5 Å². The van der Waals surface area contributed by atoms with E-state index in [4.69, 9.17) is 9.47 Å². The number of rotatable bonds is 8. The minimum Gasteiger partial charge on any atom is -0.488 e. The van der Waals surface area contributed by atoms with Gasteiger partial charge < -0.3 is 19.1 Å². The predicted molar refractivity (Wildman–Crippen MR) is 135 cm³/mol. The molecule has 0 aromatic heterocycles. The van der Waals surface area contributed by atoms with Gasteiger partial charge in [0.05, 0.1) is 18.7 Å². The van der Waals surface area contributed by atoms with Gasteiger partial charge in [-0.15, -0.1) is 0 Å². The SMILES string of the molecule is O=C(OC1C[N+]2(CCOc3cccc(C(F)(F)F)c3)CCC1CC2)C(O)(c1ccccc1)c1ccccc1. The molecule has 3 aromatic carbocycles. The molecule has 8 heteroatoms. The van der Waals surface area contributed by atoms with Crippen LogP contribution in [0, 0.1) is 5.92 Å². The maximum Gasteiger partial charge on any atom is 0.416 e. The molecule has 3 aromatic rings. The van der Waals surface area contributed by atoms with Gasteiger partial charge in [0, 0.05) is 18.8 Å². The number of ether oxygens (including phenoxy) is 2. The lowest BCUT2D eigenvalue weighted by Gasteiger charge is -2.52. The first kappa shape index (κ1) is 26.3. The summed E-state index contributed by atoms with van der Waals surface area (Å²) in [6.45, 7) is 3.23. The van der Waals surface area contributed by atoms with Crippen molar-refractivity contribution in [2.75, 3.05) is 32.8 Å². The third-order valence-corrected chi connectivity index (χ3v) is 7.97. The fraction of sp³-hybridized carbons (Fsp3) is 0.367. The van der Waals surface area contributed by atoms with Gasteiger partial charge in [-0.1, -0.05) is 66.7 Å². The Hall–Kier alpha value is -3.36. The number of quaternary nitrogens is 1. The lowest BCUT2D eigenvalue weighted by atomic mass is 9.82. The number of alkyl halides is 3. The molecule has 1 atom stereocenters. The van der Waals surface area contributed by atoms with Gasteiger partial charge in [0.25, 0.3) is 0 Å². The van der Waals surface area contributed by atoms with Crippen LogP contribution in [0.15, 0.2) is 84.9 Å². The molecule has 3 fully saturated rings. The molecule has 6 rings (SSSR count). The van der Waals surface area contributed by atoms with Crippen molar-refractivity contribution >= 4 is 5.97 Å². The second kappa shape index (κ2) is 10.4. The predicted octanol–water partition coefficient (Wildman–Crippen LogP) is 5.17. The van der Waals surface area contributed by atoms with E-state index >= 15 is 0 Å². The largest absolute Gasteiger partial charge is 0.488 e. The zero-order valence-corrected chi connectivity index (χ0v) is 20.9. The minimum absolute atomic E-state index is 0.184. The number of carbonyl (C=O) groups is 1. The summed E-state index contributed by atoms with van der Waals surface area (Å²) in [6, 6.07) is 22.5. The third-order valence-electron chi connectivity index (χ3n) is 7.97. The molecule has 3 heterocycles. The van der Waals surface area contributed by atoms with E-state index in [2.05, 4.69) is 0 Å². The van der Waals surface area contributed by atoms with E-state index in [0.29, 0.717) is 28.7 Å². The summed E-state index contributed by atoms with van der Waals surface area (Å²) in [5, 5.41) is 11.8. The first-order valence-corrected chi connectivity index (χ1v) is 12.9. The van der Waals surface area contributed by atoms with E-state index in [1.54, 1.807) is 48.5 Å². The first-order chi connectivity index (χ1) is 18.2. The number of hydrogen-bond acceptors (Lipinski definition) is 4. The van der Waals surface area contributed by atoms with Gasteiger partial charge in [-0.2, -0.15) is 13.2 Å². The summed E-state index contributed by atoms with van der Waals surface area (Å²) in [5.74, 6) is -0.310. The number of piperidine rings is 3. The van der Waals surface area contributed by atoms with E-state index in [1.165, 1.54) is 12.1 Å². The van der Waals surface area contributed by atoms with Gasteiger partial charge in [-0.3, -0.25) is 0 Å². The molecule has 2 bridgehead atoms. The lowest BCUT2D eigenvalue weighted by Crippen LogP contribution is -2.65. The number of carbonyl (C=O) groups excluding carboxylic acids is 1. The highest BCUT2D eigenvalue weighted by atomic mass is 19.4. The Morgan fingerprint density at radius 1 is 0.868 bits per heavy atom. The maximum absolute atomic E-state index is 13.6. The van der Waals surface area contributed by atoms with Crippen molar-refractivity contribution in [1.82, 2.24) is 0 Å². The molecule has 0 aliphatic carbocycles. The zero-order chi connectivity index (χ0) is 26.8. The lowest BCUT2D eigenvalue weighted by molar-refractivity contribution is -0.946. The van der Waals surface area contributed by atoms with Gasteiger partial charge in [0.2, 0.25) is 5.60 Å². The number of esters is 1. The zero-order valence-electron chi connectivity index (χ0n) is 20.9. The van der Waals surface area contributed by atoms with Crippen molar-refractivity contribution in [3.63, 3.8) is 0 Å². The first-order valence-electron chi connectivity index (χ1n) is 12.9. The Labute approximate surface area is 220 Å². The third kappa shape index (κ3) is 5.28. The summed E-state index contributed by atoms with van der Waals surface area (Å²) in [4.78, 5) is 13.6. The molecule has 3 aliphatic heterocycles. The van der Waals surface area contributed by atoms with Crippen molar-refractivity contribution in [3.8, 4) is 5.75 Å². The van der Waals surface area contributed by atoms with Crippen LogP contribution < -0.4 is 4.74 Å². The molecule has 1 N–H and O–H groups in total. The molecular weight excluding hydrogens is 495 g/mol. The summed E-state index contributed by atoms with van der Waals surface area (Å²) in [7, 11) is 0. The van der Waals surface area contributed by atoms with E-state index in [9.17, 15) is 23.1 Å². The monoisotopic (exact) mass is 526 g/mol. The molecule has 3 aliphatic rings.